The van der Waals surface area contributed by atoms with E-state index in [2.05, 4.69) is 0 Å². The molecular weight excluding hydrogens is 178 g/mol. The van der Waals surface area contributed by atoms with Gasteiger partial charge < -0.3 is 16.6 Å². The van der Waals surface area contributed by atoms with Gasteiger partial charge in [-0.1, -0.05) is 6.92 Å². The molecule has 4 amide bonds. The Hall–Kier alpha value is -1.79. The third-order valence-electron chi connectivity index (χ3n) is 1.46. The van der Waals surface area contributed by atoms with E-state index in [0.29, 0.717) is 4.90 Å². The molecule has 7 heteroatoms. The van der Waals surface area contributed by atoms with Crippen LogP contribution in [0.2, 0.25) is 0 Å². The molecular formula is C6H11N3O4. The van der Waals surface area contributed by atoms with E-state index in [0.717, 1.165) is 0 Å². The zero-order valence-corrected chi connectivity index (χ0v) is 7.06. The second-order valence-corrected chi connectivity index (χ2v) is 2.31. The Bertz CT molecular complexity index is 226. The van der Waals surface area contributed by atoms with Gasteiger partial charge in [0.25, 0.3) is 0 Å². The van der Waals surface area contributed by atoms with Gasteiger partial charge in [-0.25, -0.2) is 19.3 Å². The lowest BCUT2D eigenvalue weighted by molar-refractivity contribution is -0.141. The molecule has 0 bridgehead atoms. The molecule has 13 heavy (non-hydrogen) atoms. The molecule has 0 fully saturated rings. The van der Waals surface area contributed by atoms with E-state index in [4.69, 9.17) is 16.6 Å². The molecule has 0 rings (SSSR count). The van der Waals surface area contributed by atoms with Crippen LogP contribution in [0.5, 0.6) is 0 Å². The number of aliphatic carboxylic acids is 1. The lowest BCUT2D eigenvalue weighted by Gasteiger charge is -2.21. The number of urea groups is 2. The molecule has 0 saturated carbocycles. The zero-order chi connectivity index (χ0) is 10.6. The van der Waals surface area contributed by atoms with Crippen LogP contribution < -0.4 is 11.5 Å². The van der Waals surface area contributed by atoms with Crippen LogP contribution >= 0.6 is 0 Å². The molecule has 1 atom stereocenters. The molecule has 1 unspecified atom stereocenters. The van der Waals surface area contributed by atoms with Crippen molar-refractivity contribution >= 4 is 18.0 Å². The summed E-state index contributed by atoms with van der Waals surface area (Å²) in [4.78, 5) is 32.1. The highest BCUT2D eigenvalue weighted by atomic mass is 16.4. The fourth-order valence-corrected chi connectivity index (χ4v) is 0.883. The molecule has 5 N–H and O–H groups in total. The van der Waals surface area contributed by atoms with Gasteiger partial charge in [0.15, 0.2) is 0 Å². The fourth-order valence-electron chi connectivity index (χ4n) is 0.883. The minimum atomic E-state index is -1.32. The number of nitrogens with two attached hydrogens (primary N) is 2. The average molecular weight is 189 g/mol. The van der Waals surface area contributed by atoms with E-state index in [-0.39, 0.29) is 6.42 Å². The van der Waals surface area contributed by atoms with Crippen molar-refractivity contribution in [2.75, 3.05) is 0 Å². The number of nitrogens with zero attached hydrogens (tertiary/aromatic N) is 1. The van der Waals surface area contributed by atoms with Crippen molar-refractivity contribution in [3.8, 4) is 0 Å². The maximum Gasteiger partial charge on any atom is 0.327 e. The van der Waals surface area contributed by atoms with Crippen molar-refractivity contribution in [2.45, 2.75) is 19.4 Å². The van der Waals surface area contributed by atoms with E-state index < -0.39 is 24.1 Å². The maximum absolute atomic E-state index is 10.6. The van der Waals surface area contributed by atoms with Crippen LogP contribution in [0.15, 0.2) is 0 Å². The van der Waals surface area contributed by atoms with Gasteiger partial charge in [0.05, 0.1) is 0 Å². The molecule has 7 nitrogen and oxygen atoms in total. The summed E-state index contributed by atoms with van der Waals surface area (Å²) in [5, 5.41) is 8.58. The van der Waals surface area contributed by atoms with Crippen LogP contribution in [0, 0.1) is 0 Å². The molecule has 0 aromatic heterocycles. The Labute approximate surface area is 74.3 Å². The molecule has 0 aliphatic carbocycles. The molecule has 0 spiro atoms. The number of hydrogen-bond donors (Lipinski definition) is 3. The molecule has 74 valence electrons. The lowest BCUT2D eigenvalue weighted by Crippen LogP contribution is -2.52. The van der Waals surface area contributed by atoms with Crippen molar-refractivity contribution in [2.24, 2.45) is 11.5 Å². The summed E-state index contributed by atoms with van der Waals surface area (Å²) in [6.07, 6.45) is 0.0568. The van der Waals surface area contributed by atoms with Gasteiger partial charge in [0.1, 0.15) is 6.04 Å². The Morgan fingerprint density at radius 1 is 1.31 bits per heavy atom. The minimum Gasteiger partial charge on any atom is -0.480 e. The van der Waals surface area contributed by atoms with Gasteiger partial charge in [-0.3, -0.25) is 0 Å². The normalized spacial score (nSPS) is 11.8. The van der Waals surface area contributed by atoms with Crippen molar-refractivity contribution in [1.29, 1.82) is 0 Å². The average Bonchev–Trinajstić information content (AvgIpc) is 1.97. The number of carboxylic acids is 1. The summed E-state index contributed by atoms with van der Waals surface area (Å²) >= 11 is 0. The maximum atomic E-state index is 10.6. The Kier molecular flexibility index (Phi) is 3.70. The van der Waals surface area contributed by atoms with Gasteiger partial charge >= 0.3 is 18.0 Å². The zero-order valence-electron chi connectivity index (χ0n) is 7.06. The Morgan fingerprint density at radius 3 is 1.77 bits per heavy atom. The van der Waals surface area contributed by atoms with E-state index in [1.165, 1.54) is 6.92 Å². The highest BCUT2D eigenvalue weighted by molar-refractivity contribution is 5.96. The number of imide groups is 1. The number of rotatable bonds is 3. The van der Waals surface area contributed by atoms with Crippen LogP contribution in [-0.4, -0.2) is 34.1 Å². The monoisotopic (exact) mass is 189 g/mol. The van der Waals surface area contributed by atoms with Crippen LogP contribution in [0.1, 0.15) is 13.3 Å². The molecule has 0 aliphatic rings. The fraction of sp³-hybridized carbons (Fsp3) is 0.500. The van der Waals surface area contributed by atoms with Gasteiger partial charge in [-0.2, -0.15) is 0 Å². The second kappa shape index (κ2) is 4.29. The van der Waals surface area contributed by atoms with Crippen molar-refractivity contribution in [3.05, 3.63) is 0 Å². The molecule has 0 aromatic carbocycles. The molecule has 0 aromatic rings. The van der Waals surface area contributed by atoms with Crippen LogP contribution in [0.3, 0.4) is 0 Å². The van der Waals surface area contributed by atoms with Crippen molar-refractivity contribution < 1.29 is 19.5 Å². The van der Waals surface area contributed by atoms with Crippen LogP contribution in [-0.2, 0) is 4.79 Å². The van der Waals surface area contributed by atoms with Crippen molar-refractivity contribution in [3.63, 3.8) is 0 Å². The number of carboxylic acid groups (broad SMARTS) is 1. The van der Waals surface area contributed by atoms with Gasteiger partial charge in [-0.05, 0) is 6.42 Å². The quantitative estimate of drug-likeness (QED) is 0.542. The molecule has 0 saturated heterocycles. The predicted octanol–water partition coefficient (Wildman–Crippen LogP) is -0.691. The molecule has 0 heterocycles. The number of primary amides is 2. The standard InChI is InChI=1S/C6H11N3O4/c1-2-3(4(10)11)9(5(7)12)6(8)13/h3H,2H2,1H3,(H2,7,12)(H2,8,13)(H,10,11). The summed E-state index contributed by atoms with van der Waals surface area (Å²) in [6.45, 7) is 1.50. The first-order valence-electron chi connectivity index (χ1n) is 3.52. The third kappa shape index (κ3) is 2.62. The summed E-state index contributed by atoms with van der Waals surface area (Å²) < 4.78 is 0. The lowest BCUT2D eigenvalue weighted by atomic mass is 10.2. The Balaban J connectivity index is 4.80. The van der Waals surface area contributed by atoms with E-state index in [1.807, 2.05) is 0 Å². The summed E-state index contributed by atoms with van der Waals surface area (Å²) in [5.41, 5.74) is 9.55. The SMILES string of the molecule is CCC(C(=O)O)N(C(N)=O)C(N)=O. The molecule has 0 aliphatic heterocycles. The summed E-state index contributed by atoms with van der Waals surface area (Å²) in [7, 11) is 0. The van der Waals surface area contributed by atoms with E-state index >= 15 is 0 Å². The third-order valence-corrected chi connectivity index (χ3v) is 1.46. The van der Waals surface area contributed by atoms with Gasteiger partial charge in [0.2, 0.25) is 0 Å². The highest BCUT2D eigenvalue weighted by Gasteiger charge is 2.30. The van der Waals surface area contributed by atoms with E-state index in [9.17, 15) is 14.4 Å². The number of amides is 4. The minimum absolute atomic E-state index is 0.0568. The Morgan fingerprint density at radius 2 is 1.69 bits per heavy atom. The van der Waals surface area contributed by atoms with E-state index in [1.54, 1.807) is 0 Å². The molecule has 0 radical (unpaired) electrons. The number of hydrogen-bond acceptors (Lipinski definition) is 3. The highest BCUT2D eigenvalue weighted by Crippen LogP contribution is 2.03. The second-order valence-electron chi connectivity index (χ2n) is 2.31. The number of carbonyl (C=O) groups excluding carboxylic acids is 2. The summed E-state index contributed by atoms with van der Waals surface area (Å²) in [5.74, 6) is -1.32. The predicted molar refractivity (Wildman–Crippen MR) is 42.7 cm³/mol. The van der Waals surface area contributed by atoms with Gasteiger partial charge in [-0.15, -0.1) is 0 Å². The first-order chi connectivity index (χ1) is 5.91. The first kappa shape index (κ1) is 11.2. The summed E-state index contributed by atoms with van der Waals surface area (Å²) in [6, 6.07) is -3.63. The largest absolute Gasteiger partial charge is 0.480 e. The van der Waals surface area contributed by atoms with Crippen LogP contribution in [0.25, 0.3) is 0 Å². The topological polar surface area (TPSA) is 127 Å². The van der Waals surface area contributed by atoms with Gasteiger partial charge in [0, 0.05) is 0 Å². The van der Waals surface area contributed by atoms with Crippen molar-refractivity contribution in [1.82, 2.24) is 4.90 Å². The first-order valence-corrected chi connectivity index (χ1v) is 3.52. The van der Waals surface area contributed by atoms with Crippen LogP contribution in [0.4, 0.5) is 9.59 Å². The smallest absolute Gasteiger partial charge is 0.327 e. The number of carbonyl (C=O) groups is 3.